The van der Waals surface area contributed by atoms with Gasteiger partial charge in [0.05, 0.1) is 6.20 Å². The highest BCUT2D eigenvalue weighted by Crippen LogP contribution is 2.18. The molecule has 3 heterocycles. The lowest BCUT2D eigenvalue weighted by Crippen LogP contribution is -2.39. The first-order valence-electron chi connectivity index (χ1n) is 7.23. The Kier molecular flexibility index (Phi) is 3.89. The molecule has 1 atom stereocenters. The van der Waals surface area contributed by atoms with Crippen LogP contribution >= 0.6 is 0 Å². The number of H-pyrrole nitrogens is 1. The molecule has 0 radical (unpaired) electrons. The number of aromatic amines is 1. The van der Waals surface area contributed by atoms with Gasteiger partial charge in [0.2, 0.25) is 0 Å². The lowest BCUT2D eigenvalue weighted by Gasteiger charge is -2.23. The van der Waals surface area contributed by atoms with E-state index in [-0.39, 0.29) is 6.03 Å². The summed E-state index contributed by atoms with van der Waals surface area (Å²) in [5.41, 5.74) is 1.99. The van der Waals surface area contributed by atoms with Crippen molar-refractivity contribution in [2.75, 3.05) is 6.54 Å². The standard InChI is InChI=1S/C14H20N6O/c1-10-12(9-18-19-10)8-17-14(21)16-7-11-2-4-20-5-3-15-13(20)6-11/h3,5,9,11H,2,4,6-8H2,1H3,(H,18,19)(H2,16,17,21). The van der Waals surface area contributed by atoms with E-state index in [1.807, 2.05) is 19.3 Å². The molecule has 2 aromatic heterocycles. The number of amides is 2. The van der Waals surface area contributed by atoms with Crippen molar-refractivity contribution in [1.82, 2.24) is 30.4 Å². The van der Waals surface area contributed by atoms with Crippen molar-refractivity contribution < 1.29 is 4.79 Å². The highest BCUT2D eigenvalue weighted by atomic mass is 16.2. The number of nitrogens with zero attached hydrogens (tertiary/aromatic N) is 3. The number of hydrogen-bond acceptors (Lipinski definition) is 3. The maximum absolute atomic E-state index is 11.8. The fraction of sp³-hybridized carbons (Fsp3) is 0.500. The van der Waals surface area contributed by atoms with Crippen LogP contribution in [0.3, 0.4) is 0 Å². The lowest BCUT2D eigenvalue weighted by molar-refractivity contribution is 0.236. The molecule has 1 aliphatic rings. The van der Waals surface area contributed by atoms with Crippen LogP contribution < -0.4 is 10.6 Å². The van der Waals surface area contributed by atoms with Gasteiger partial charge in [0.25, 0.3) is 0 Å². The van der Waals surface area contributed by atoms with E-state index in [2.05, 4.69) is 30.4 Å². The summed E-state index contributed by atoms with van der Waals surface area (Å²) in [6.45, 7) is 4.09. The molecule has 112 valence electrons. The number of urea groups is 1. The minimum absolute atomic E-state index is 0.135. The predicted octanol–water partition coefficient (Wildman–Crippen LogP) is 0.976. The topological polar surface area (TPSA) is 87.6 Å². The van der Waals surface area contributed by atoms with E-state index < -0.39 is 0 Å². The number of imidazole rings is 1. The zero-order chi connectivity index (χ0) is 14.7. The molecule has 7 nitrogen and oxygen atoms in total. The van der Waals surface area contributed by atoms with Crippen LogP contribution in [0.4, 0.5) is 4.79 Å². The molecule has 2 amide bonds. The predicted molar refractivity (Wildman–Crippen MR) is 77.6 cm³/mol. The summed E-state index contributed by atoms with van der Waals surface area (Å²) in [5.74, 6) is 1.57. The van der Waals surface area contributed by atoms with Gasteiger partial charge in [-0.05, 0) is 19.3 Å². The van der Waals surface area contributed by atoms with Crippen LogP contribution in [0.1, 0.15) is 23.5 Å². The number of carbonyl (C=O) groups excluding carboxylic acids is 1. The van der Waals surface area contributed by atoms with Crippen LogP contribution in [0.15, 0.2) is 18.6 Å². The Morgan fingerprint density at radius 2 is 2.43 bits per heavy atom. The fourth-order valence-corrected chi connectivity index (χ4v) is 2.62. The zero-order valence-electron chi connectivity index (χ0n) is 12.1. The summed E-state index contributed by atoms with van der Waals surface area (Å²) in [5, 5.41) is 12.6. The monoisotopic (exact) mass is 288 g/mol. The van der Waals surface area contributed by atoms with Crippen LogP contribution in [0, 0.1) is 12.8 Å². The summed E-state index contributed by atoms with van der Waals surface area (Å²) >= 11 is 0. The molecule has 2 aromatic rings. The van der Waals surface area contributed by atoms with Crippen molar-refractivity contribution in [2.24, 2.45) is 5.92 Å². The van der Waals surface area contributed by atoms with Gasteiger partial charge in [-0.25, -0.2) is 9.78 Å². The molecular formula is C14H20N6O. The Bertz CT molecular complexity index is 617. The first-order chi connectivity index (χ1) is 10.2. The minimum Gasteiger partial charge on any atom is -0.338 e. The smallest absolute Gasteiger partial charge is 0.315 e. The molecule has 0 aliphatic carbocycles. The maximum Gasteiger partial charge on any atom is 0.315 e. The maximum atomic E-state index is 11.8. The van der Waals surface area contributed by atoms with Crippen LogP contribution in [0.5, 0.6) is 0 Å². The van der Waals surface area contributed by atoms with Crippen LogP contribution in [-0.2, 0) is 19.5 Å². The van der Waals surface area contributed by atoms with Gasteiger partial charge in [0.15, 0.2) is 0 Å². The van der Waals surface area contributed by atoms with Gasteiger partial charge < -0.3 is 15.2 Å². The Labute approximate surface area is 123 Å². The molecule has 0 saturated carbocycles. The molecular weight excluding hydrogens is 268 g/mol. The Balaban J connectivity index is 1.41. The molecule has 7 heteroatoms. The third-order valence-corrected chi connectivity index (χ3v) is 3.98. The van der Waals surface area contributed by atoms with Gasteiger partial charge in [-0.3, -0.25) is 5.10 Å². The molecule has 3 N–H and O–H groups in total. The van der Waals surface area contributed by atoms with E-state index in [1.165, 1.54) is 0 Å². The van der Waals surface area contributed by atoms with Crippen molar-refractivity contribution in [3.63, 3.8) is 0 Å². The Morgan fingerprint density at radius 3 is 3.24 bits per heavy atom. The summed E-state index contributed by atoms with van der Waals surface area (Å²) in [7, 11) is 0. The number of fused-ring (bicyclic) bond motifs is 1. The largest absolute Gasteiger partial charge is 0.338 e. The minimum atomic E-state index is -0.135. The average molecular weight is 288 g/mol. The van der Waals surface area contributed by atoms with Gasteiger partial charge in [0.1, 0.15) is 5.82 Å². The van der Waals surface area contributed by atoms with E-state index in [0.717, 1.165) is 36.5 Å². The second-order valence-corrected chi connectivity index (χ2v) is 5.48. The summed E-state index contributed by atoms with van der Waals surface area (Å²) in [6.07, 6.45) is 7.58. The first-order valence-corrected chi connectivity index (χ1v) is 7.23. The second kappa shape index (κ2) is 5.99. The Hall–Kier alpha value is -2.31. The number of hydrogen-bond donors (Lipinski definition) is 3. The van der Waals surface area contributed by atoms with E-state index in [9.17, 15) is 4.79 Å². The highest BCUT2D eigenvalue weighted by Gasteiger charge is 2.19. The van der Waals surface area contributed by atoms with Gasteiger partial charge >= 0.3 is 6.03 Å². The van der Waals surface area contributed by atoms with Crippen molar-refractivity contribution in [3.05, 3.63) is 35.7 Å². The average Bonchev–Trinajstić information content (AvgIpc) is 3.11. The number of carbonyl (C=O) groups is 1. The van der Waals surface area contributed by atoms with Crippen LogP contribution in [-0.4, -0.2) is 32.3 Å². The van der Waals surface area contributed by atoms with Crippen molar-refractivity contribution >= 4 is 6.03 Å². The molecule has 0 aromatic carbocycles. The third-order valence-electron chi connectivity index (χ3n) is 3.98. The first kappa shape index (κ1) is 13.7. The number of nitrogens with one attached hydrogen (secondary N) is 3. The summed E-state index contributed by atoms with van der Waals surface area (Å²) < 4.78 is 2.18. The molecule has 0 fully saturated rings. The van der Waals surface area contributed by atoms with Crippen molar-refractivity contribution in [1.29, 1.82) is 0 Å². The van der Waals surface area contributed by atoms with E-state index in [0.29, 0.717) is 19.0 Å². The number of aromatic nitrogens is 4. The SMILES string of the molecule is Cc1[nH]ncc1CNC(=O)NCC1CCn2ccnc2C1. The van der Waals surface area contributed by atoms with E-state index in [4.69, 9.17) is 0 Å². The highest BCUT2D eigenvalue weighted by molar-refractivity contribution is 5.73. The summed E-state index contributed by atoms with van der Waals surface area (Å²) in [6, 6.07) is -0.135. The normalized spacial score (nSPS) is 17.3. The van der Waals surface area contributed by atoms with E-state index >= 15 is 0 Å². The van der Waals surface area contributed by atoms with E-state index in [1.54, 1.807) is 6.20 Å². The van der Waals surface area contributed by atoms with Crippen LogP contribution in [0.25, 0.3) is 0 Å². The fourth-order valence-electron chi connectivity index (χ4n) is 2.62. The zero-order valence-corrected chi connectivity index (χ0v) is 12.1. The van der Waals surface area contributed by atoms with Crippen molar-refractivity contribution in [2.45, 2.75) is 32.9 Å². The van der Waals surface area contributed by atoms with Crippen LogP contribution in [0.2, 0.25) is 0 Å². The molecule has 3 rings (SSSR count). The van der Waals surface area contributed by atoms with Gasteiger partial charge in [-0.15, -0.1) is 0 Å². The lowest BCUT2D eigenvalue weighted by atomic mass is 9.98. The van der Waals surface area contributed by atoms with Crippen molar-refractivity contribution in [3.8, 4) is 0 Å². The quantitative estimate of drug-likeness (QED) is 0.783. The number of aryl methyl sites for hydroxylation is 2. The Morgan fingerprint density at radius 1 is 1.52 bits per heavy atom. The molecule has 0 saturated heterocycles. The summed E-state index contributed by atoms with van der Waals surface area (Å²) in [4.78, 5) is 16.2. The molecule has 21 heavy (non-hydrogen) atoms. The molecule has 0 spiro atoms. The molecule has 1 unspecified atom stereocenters. The molecule has 0 bridgehead atoms. The number of rotatable bonds is 4. The van der Waals surface area contributed by atoms with Gasteiger partial charge in [-0.2, -0.15) is 5.10 Å². The second-order valence-electron chi connectivity index (χ2n) is 5.48. The van der Waals surface area contributed by atoms with Gasteiger partial charge in [-0.1, -0.05) is 0 Å². The molecule has 1 aliphatic heterocycles. The van der Waals surface area contributed by atoms with Gasteiger partial charge in [0, 0.05) is 49.7 Å². The third kappa shape index (κ3) is 3.24.